The molecule has 94 valence electrons. The van der Waals surface area contributed by atoms with Crippen LogP contribution in [0.4, 0.5) is 11.6 Å². The van der Waals surface area contributed by atoms with Gasteiger partial charge in [0.05, 0.1) is 12.4 Å². The maximum Gasteiger partial charge on any atom is 0.149 e. The second-order valence-corrected chi connectivity index (χ2v) is 4.82. The van der Waals surface area contributed by atoms with Crippen molar-refractivity contribution in [2.75, 3.05) is 30.4 Å². The Morgan fingerprint density at radius 3 is 2.82 bits per heavy atom. The van der Waals surface area contributed by atoms with Crippen molar-refractivity contribution in [1.29, 1.82) is 0 Å². The number of nitrogens with zero attached hydrogens (tertiary/aromatic N) is 3. The maximum atomic E-state index is 4.56. The van der Waals surface area contributed by atoms with E-state index in [9.17, 15) is 0 Å². The highest BCUT2D eigenvalue weighted by Gasteiger charge is 2.17. The summed E-state index contributed by atoms with van der Waals surface area (Å²) in [5.41, 5.74) is 0. The van der Waals surface area contributed by atoms with E-state index in [0.717, 1.165) is 30.6 Å². The third-order valence-corrected chi connectivity index (χ3v) is 3.38. The van der Waals surface area contributed by atoms with E-state index in [0.29, 0.717) is 0 Å². The molecular weight excluding hydrogens is 212 g/mol. The monoisotopic (exact) mass is 234 g/mol. The molecule has 1 aliphatic rings. The van der Waals surface area contributed by atoms with Crippen LogP contribution in [-0.2, 0) is 0 Å². The summed E-state index contributed by atoms with van der Waals surface area (Å²) in [6.07, 6.45) is 9.13. The van der Waals surface area contributed by atoms with Crippen LogP contribution in [0.3, 0.4) is 0 Å². The van der Waals surface area contributed by atoms with E-state index in [1.807, 2.05) is 6.20 Å². The van der Waals surface area contributed by atoms with Gasteiger partial charge in [-0.3, -0.25) is 4.98 Å². The lowest BCUT2D eigenvalue weighted by atomic mass is 10.1. The van der Waals surface area contributed by atoms with E-state index in [-0.39, 0.29) is 0 Å². The lowest BCUT2D eigenvalue weighted by molar-refractivity contribution is 0.545. The Morgan fingerprint density at radius 1 is 1.35 bits per heavy atom. The van der Waals surface area contributed by atoms with Crippen molar-refractivity contribution >= 4 is 11.6 Å². The smallest absolute Gasteiger partial charge is 0.149 e. The minimum atomic E-state index is 0.838. The van der Waals surface area contributed by atoms with E-state index in [2.05, 4.69) is 34.2 Å². The zero-order valence-corrected chi connectivity index (χ0v) is 10.8. The van der Waals surface area contributed by atoms with Crippen molar-refractivity contribution < 1.29 is 0 Å². The molecule has 2 rings (SSSR count). The predicted octanol–water partition coefficient (Wildman–Crippen LogP) is 2.53. The molecule has 1 heterocycles. The standard InChI is InChI=1S/C13H22N4/c1-3-15-12-8-14-9-13(16-12)17(2)10-11-6-4-5-7-11/h8-9,11H,3-7,10H2,1-2H3,(H,15,16). The molecule has 1 saturated carbocycles. The summed E-state index contributed by atoms with van der Waals surface area (Å²) in [5.74, 6) is 2.67. The molecule has 0 unspecified atom stereocenters. The molecule has 0 saturated heterocycles. The van der Waals surface area contributed by atoms with Gasteiger partial charge in [0.2, 0.25) is 0 Å². The zero-order valence-electron chi connectivity index (χ0n) is 10.8. The van der Waals surface area contributed by atoms with Crippen LogP contribution in [0.25, 0.3) is 0 Å². The number of hydrogen-bond acceptors (Lipinski definition) is 4. The second kappa shape index (κ2) is 5.84. The van der Waals surface area contributed by atoms with Crippen molar-refractivity contribution in [1.82, 2.24) is 9.97 Å². The number of anilines is 2. The molecule has 0 radical (unpaired) electrons. The summed E-state index contributed by atoms with van der Waals surface area (Å²) < 4.78 is 0. The average molecular weight is 234 g/mol. The van der Waals surface area contributed by atoms with Gasteiger partial charge in [-0.25, -0.2) is 4.98 Å². The van der Waals surface area contributed by atoms with Crippen molar-refractivity contribution in [3.63, 3.8) is 0 Å². The van der Waals surface area contributed by atoms with Gasteiger partial charge in [-0.15, -0.1) is 0 Å². The van der Waals surface area contributed by atoms with Crippen LogP contribution in [0.15, 0.2) is 12.4 Å². The fourth-order valence-corrected chi connectivity index (χ4v) is 2.48. The van der Waals surface area contributed by atoms with Gasteiger partial charge < -0.3 is 10.2 Å². The Hall–Kier alpha value is -1.32. The fraction of sp³-hybridized carbons (Fsp3) is 0.692. The first-order valence-corrected chi connectivity index (χ1v) is 6.56. The average Bonchev–Trinajstić information content (AvgIpc) is 2.83. The van der Waals surface area contributed by atoms with Gasteiger partial charge in [0, 0.05) is 20.1 Å². The van der Waals surface area contributed by atoms with Crippen LogP contribution in [0.5, 0.6) is 0 Å². The number of hydrogen-bond donors (Lipinski definition) is 1. The SMILES string of the molecule is CCNc1cncc(N(C)CC2CCCC2)n1. The topological polar surface area (TPSA) is 41.1 Å². The zero-order chi connectivity index (χ0) is 12.1. The van der Waals surface area contributed by atoms with Crippen LogP contribution in [0, 0.1) is 5.92 Å². The lowest BCUT2D eigenvalue weighted by Gasteiger charge is -2.22. The molecule has 0 amide bonds. The molecule has 1 aliphatic carbocycles. The van der Waals surface area contributed by atoms with Gasteiger partial charge in [-0.05, 0) is 25.7 Å². The third-order valence-electron chi connectivity index (χ3n) is 3.38. The van der Waals surface area contributed by atoms with E-state index in [1.54, 1.807) is 6.20 Å². The Kier molecular flexibility index (Phi) is 4.18. The number of rotatable bonds is 5. The molecular formula is C13H22N4. The Balaban J connectivity index is 1.97. The van der Waals surface area contributed by atoms with Crippen LogP contribution in [0.1, 0.15) is 32.6 Å². The van der Waals surface area contributed by atoms with Crippen molar-refractivity contribution in [2.45, 2.75) is 32.6 Å². The van der Waals surface area contributed by atoms with Crippen LogP contribution < -0.4 is 10.2 Å². The summed E-state index contributed by atoms with van der Waals surface area (Å²) in [7, 11) is 2.11. The van der Waals surface area contributed by atoms with Crippen molar-refractivity contribution in [3.8, 4) is 0 Å². The van der Waals surface area contributed by atoms with E-state index < -0.39 is 0 Å². The van der Waals surface area contributed by atoms with Gasteiger partial charge >= 0.3 is 0 Å². The molecule has 17 heavy (non-hydrogen) atoms. The van der Waals surface area contributed by atoms with Crippen LogP contribution >= 0.6 is 0 Å². The quantitative estimate of drug-likeness (QED) is 0.850. The Labute approximate surface area is 103 Å². The third kappa shape index (κ3) is 3.32. The molecule has 0 atom stereocenters. The first-order chi connectivity index (χ1) is 8.29. The van der Waals surface area contributed by atoms with Gasteiger partial charge in [-0.2, -0.15) is 0 Å². The molecule has 0 aromatic carbocycles. The summed E-state index contributed by atoms with van der Waals surface area (Å²) in [6.45, 7) is 4.05. The van der Waals surface area contributed by atoms with E-state index in [4.69, 9.17) is 0 Å². The van der Waals surface area contributed by atoms with Gasteiger partial charge in [-0.1, -0.05) is 12.8 Å². The normalized spacial score (nSPS) is 16.1. The predicted molar refractivity (Wildman–Crippen MR) is 71.4 cm³/mol. The molecule has 0 bridgehead atoms. The number of nitrogens with one attached hydrogen (secondary N) is 1. The van der Waals surface area contributed by atoms with Crippen molar-refractivity contribution in [2.24, 2.45) is 5.92 Å². The lowest BCUT2D eigenvalue weighted by Crippen LogP contribution is -2.25. The molecule has 1 aromatic heterocycles. The first kappa shape index (κ1) is 12.1. The molecule has 4 nitrogen and oxygen atoms in total. The fourth-order valence-electron chi connectivity index (χ4n) is 2.48. The summed E-state index contributed by atoms with van der Waals surface area (Å²) >= 11 is 0. The molecule has 4 heteroatoms. The highest BCUT2D eigenvalue weighted by atomic mass is 15.2. The summed E-state index contributed by atoms with van der Waals surface area (Å²) in [5, 5.41) is 3.20. The summed E-state index contributed by atoms with van der Waals surface area (Å²) in [6, 6.07) is 0. The molecule has 1 fully saturated rings. The Bertz CT molecular complexity index is 347. The van der Waals surface area contributed by atoms with E-state index in [1.165, 1.54) is 25.7 Å². The maximum absolute atomic E-state index is 4.56. The van der Waals surface area contributed by atoms with Crippen LogP contribution in [0.2, 0.25) is 0 Å². The van der Waals surface area contributed by atoms with Crippen LogP contribution in [-0.4, -0.2) is 30.1 Å². The molecule has 1 N–H and O–H groups in total. The van der Waals surface area contributed by atoms with E-state index >= 15 is 0 Å². The summed E-state index contributed by atoms with van der Waals surface area (Å²) in [4.78, 5) is 11.0. The molecule has 1 aromatic rings. The largest absolute Gasteiger partial charge is 0.369 e. The highest BCUT2D eigenvalue weighted by Crippen LogP contribution is 2.26. The minimum Gasteiger partial charge on any atom is -0.369 e. The highest BCUT2D eigenvalue weighted by molar-refractivity contribution is 5.43. The van der Waals surface area contributed by atoms with Gasteiger partial charge in [0.1, 0.15) is 11.6 Å². The minimum absolute atomic E-state index is 0.838. The molecule has 0 aliphatic heterocycles. The second-order valence-electron chi connectivity index (χ2n) is 4.82. The van der Waals surface area contributed by atoms with Crippen molar-refractivity contribution in [3.05, 3.63) is 12.4 Å². The molecule has 0 spiro atoms. The number of aromatic nitrogens is 2. The van der Waals surface area contributed by atoms with Gasteiger partial charge in [0.25, 0.3) is 0 Å². The van der Waals surface area contributed by atoms with Gasteiger partial charge in [0.15, 0.2) is 0 Å². The Morgan fingerprint density at radius 2 is 2.12 bits per heavy atom. The first-order valence-electron chi connectivity index (χ1n) is 6.56.